The number of alkyl halides is 3. The predicted molar refractivity (Wildman–Crippen MR) is 81.6 cm³/mol. The number of benzene rings is 1. The van der Waals surface area contributed by atoms with Gasteiger partial charge in [0.15, 0.2) is 6.29 Å². The van der Waals surface area contributed by atoms with Crippen LogP contribution in [0.2, 0.25) is 0 Å². The molecule has 0 aliphatic carbocycles. The highest BCUT2D eigenvalue weighted by molar-refractivity contribution is 5.66. The first-order valence-electron chi connectivity index (χ1n) is 6.92. The van der Waals surface area contributed by atoms with Crippen LogP contribution < -0.4 is 10.9 Å². The Kier molecular flexibility index (Phi) is 5.58. The number of anilines is 1. The fourth-order valence-electron chi connectivity index (χ4n) is 2.05. The van der Waals surface area contributed by atoms with Gasteiger partial charge in [0.2, 0.25) is 0 Å². The molecule has 0 atom stereocenters. The first kappa shape index (κ1) is 18.0. The molecule has 1 aromatic heterocycles. The maximum atomic E-state index is 13.3. The van der Waals surface area contributed by atoms with E-state index in [-0.39, 0.29) is 23.5 Å². The Bertz CT molecular complexity index is 722. The average molecular weight is 343 g/mol. The first-order chi connectivity index (χ1) is 11.3. The Morgan fingerprint density at radius 3 is 2.46 bits per heavy atom. The minimum atomic E-state index is -4.56. The number of H-pyrrole nitrogens is 1. The number of ether oxygens (including phenoxy) is 2. The van der Waals surface area contributed by atoms with E-state index in [4.69, 9.17) is 9.47 Å². The maximum Gasteiger partial charge on any atom is 0.418 e. The summed E-state index contributed by atoms with van der Waals surface area (Å²) in [5.41, 5.74) is -0.913. The molecule has 0 saturated heterocycles. The number of hydrogen-bond acceptors (Lipinski definition) is 5. The summed E-state index contributed by atoms with van der Waals surface area (Å²) in [6, 6.07) is 6.30. The Morgan fingerprint density at radius 2 is 1.92 bits per heavy atom. The van der Waals surface area contributed by atoms with E-state index in [0.29, 0.717) is 0 Å². The van der Waals surface area contributed by atoms with E-state index in [1.807, 2.05) is 0 Å². The Labute approximate surface area is 135 Å². The van der Waals surface area contributed by atoms with Crippen LogP contribution in [0.3, 0.4) is 0 Å². The van der Waals surface area contributed by atoms with Crippen molar-refractivity contribution < 1.29 is 22.6 Å². The van der Waals surface area contributed by atoms with E-state index in [0.717, 1.165) is 6.07 Å². The fourth-order valence-corrected chi connectivity index (χ4v) is 2.05. The third-order valence-electron chi connectivity index (χ3n) is 3.28. The van der Waals surface area contributed by atoms with Gasteiger partial charge in [-0.2, -0.15) is 18.3 Å². The third-order valence-corrected chi connectivity index (χ3v) is 3.28. The van der Waals surface area contributed by atoms with Gasteiger partial charge in [-0.3, -0.25) is 4.79 Å². The summed E-state index contributed by atoms with van der Waals surface area (Å²) in [5, 5.41) is 8.59. The molecule has 2 aromatic rings. The number of aromatic amines is 1. The molecule has 0 unspecified atom stereocenters. The van der Waals surface area contributed by atoms with Crippen molar-refractivity contribution in [1.29, 1.82) is 0 Å². The van der Waals surface area contributed by atoms with E-state index in [9.17, 15) is 18.0 Å². The highest BCUT2D eigenvalue weighted by Gasteiger charge is 2.34. The van der Waals surface area contributed by atoms with Crippen molar-refractivity contribution >= 4 is 5.69 Å². The molecule has 0 aliphatic heterocycles. The average Bonchev–Trinajstić information content (AvgIpc) is 2.56. The van der Waals surface area contributed by atoms with Crippen LogP contribution in [-0.2, 0) is 15.7 Å². The second-order valence-corrected chi connectivity index (χ2v) is 4.85. The molecule has 9 heteroatoms. The standard InChI is InChI=1S/C15H16F3N3O3/c1-23-14(24-2)8-19-12-4-3-9(7-10(12)15(16,17)18)11-5-6-13(22)21-20-11/h3-7,14,19H,8H2,1-2H3,(H,21,22). The van der Waals surface area contributed by atoms with Crippen LogP contribution in [0.1, 0.15) is 5.56 Å². The van der Waals surface area contributed by atoms with Gasteiger partial charge in [-0.25, -0.2) is 5.10 Å². The summed E-state index contributed by atoms with van der Waals surface area (Å²) in [5.74, 6) is 0. The largest absolute Gasteiger partial charge is 0.418 e. The second-order valence-electron chi connectivity index (χ2n) is 4.85. The summed E-state index contributed by atoms with van der Waals surface area (Å²) >= 11 is 0. The zero-order chi connectivity index (χ0) is 17.7. The summed E-state index contributed by atoms with van der Waals surface area (Å²) < 4.78 is 49.8. The molecule has 0 aliphatic rings. The van der Waals surface area contributed by atoms with Gasteiger partial charge in [0, 0.05) is 31.5 Å². The topological polar surface area (TPSA) is 76.2 Å². The maximum absolute atomic E-state index is 13.3. The number of nitrogens with zero attached hydrogens (tertiary/aromatic N) is 1. The molecule has 0 saturated carbocycles. The monoisotopic (exact) mass is 343 g/mol. The van der Waals surface area contributed by atoms with Gasteiger partial charge in [0.25, 0.3) is 5.56 Å². The molecule has 24 heavy (non-hydrogen) atoms. The van der Waals surface area contributed by atoms with Crippen LogP contribution in [0.5, 0.6) is 0 Å². The Balaban J connectivity index is 2.35. The number of methoxy groups -OCH3 is 2. The fraction of sp³-hybridized carbons (Fsp3) is 0.333. The lowest BCUT2D eigenvalue weighted by Crippen LogP contribution is -2.24. The number of aromatic nitrogens is 2. The van der Waals surface area contributed by atoms with Crippen molar-refractivity contribution in [1.82, 2.24) is 10.2 Å². The van der Waals surface area contributed by atoms with Crippen molar-refractivity contribution in [3.8, 4) is 11.3 Å². The van der Waals surface area contributed by atoms with E-state index >= 15 is 0 Å². The highest BCUT2D eigenvalue weighted by Crippen LogP contribution is 2.37. The van der Waals surface area contributed by atoms with E-state index in [2.05, 4.69) is 15.5 Å². The van der Waals surface area contributed by atoms with E-state index in [1.54, 1.807) is 0 Å². The molecule has 1 heterocycles. The van der Waals surface area contributed by atoms with Crippen LogP contribution in [0.4, 0.5) is 18.9 Å². The molecule has 1 aromatic carbocycles. The van der Waals surface area contributed by atoms with Crippen molar-refractivity contribution in [3.05, 3.63) is 46.2 Å². The van der Waals surface area contributed by atoms with Gasteiger partial charge in [-0.05, 0) is 18.2 Å². The molecule has 2 rings (SSSR count). The lowest BCUT2D eigenvalue weighted by molar-refractivity contribution is -0.137. The SMILES string of the molecule is COC(CNc1ccc(-c2ccc(=O)[nH]n2)cc1C(F)(F)F)OC. The van der Waals surface area contributed by atoms with E-state index in [1.165, 1.54) is 38.5 Å². The molecular weight excluding hydrogens is 327 g/mol. The van der Waals surface area contributed by atoms with Crippen molar-refractivity contribution in [2.75, 3.05) is 26.1 Å². The van der Waals surface area contributed by atoms with Crippen molar-refractivity contribution in [3.63, 3.8) is 0 Å². The van der Waals surface area contributed by atoms with Crippen LogP contribution >= 0.6 is 0 Å². The first-order valence-corrected chi connectivity index (χ1v) is 6.92. The summed E-state index contributed by atoms with van der Waals surface area (Å²) in [6.45, 7) is 0.0479. The van der Waals surface area contributed by atoms with Crippen LogP contribution in [-0.4, -0.2) is 37.3 Å². The van der Waals surface area contributed by atoms with Gasteiger partial charge in [0.1, 0.15) is 0 Å². The summed E-state index contributed by atoms with van der Waals surface area (Å²) in [4.78, 5) is 11.0. The van der Waals surface area contributed by atoms with Crippen molar-refractivity contribution in [2.24, 2.45) is 0 Å². The molecule has 2 N–H and O–H groups in total. The van der Waals surface area contributed by atoms with Gasteiger partial charge >= 0.3 is 6.18 Å². The minimum absolute atomic E-state index is 0.0479. The van der Waals surface area contributed by atoms with Gasteiger partial charge in [0.05, 0.1) is 17.8 Å². The molecule has 0 bridgehead atoms. The summed E-state index contributed by atoms with van der Waals surface area (Å²) in [6.07, 6.45) is -5.23. The lowest BCUT2D eigenvalue weighted by Gasteiger charge is -2.19. The zero-order valence-electron chi connectivity index (χ0n) is 13.0. The number of halogens is 3. The Hall–Kier alpha value is -2.39. The second kappa shape index (κ2) is 7.45. The highest BCUT2D eigenvalue weighted by atomic mass is 19.4. The normalized spacial score (nSPS) is 11.8. The number of nitrogens with one attached hydrogen (secondary N) is 2. The van der Waals surface area contributed by atoms with Gasteiger partial charge in [-0.15, -0.1) is 0 Å². The molecular formula is C15H16F3N3O3. The van der Waals surface area contributed by atoms with Crippen molar-refractivity contribution in [2.45, 2.75) is 12.5 Å². The Morgan fingerprint density at radius 1 is 1.21 bits per heavy atom. The van der Waals surface area contributed by atoms with Gasteiger partial charge < -0.3 is 14.8 Å². The molecule has 0 amide bonds. The predicted octanol–water partition coefficient (Wildman–Crippen LogP) is 2.49. The van der Waals surface area contributed by atoms with Crippen LogP contribution in [0, 0.1) is 0 Å². The summed E-state index contributed by atoms with van der Waals surface area (Å²) in [7, 11) is 2.79. The third kappa shape index (κ3) is 4.33. The smallest absolute Gasteiger partial charge is 0.379 e. The van der Waals surface area contributed by atoms with E-state index < -0.39 is 23.6 Å². The quantitative estimate of drug-likeness (QED) is 0.788. The zero-order valence-corrected chi connectivity index (χ0v) is 13.0. The van der Waals surface area contributed by atoms with Gasteiger partial charge in [-0.1, -0.05) is 6.07 Å². The van der Waals surface area contributed by atoms with Crippen LogP contribution in [0.25, 0.3) is 11.3 Å². The number of hydrogen-bond donors (Lipinski definition) is 2. The number of rotatable bonds is 6. The molecule has 0 fully saturated rings. The molecule has 0 spiro atoms. The van der Waals surface area contributed by atoms with Crippen LogP contribution in [0.15, 0.2) is 35.1 Å². The lowest BCUT2D eigenvalue weighted by atomic mass is 10.1. The minimum Gasteiger partial charge on any atom is -0.379 e. The molecule has 6 nitrogen and oxygen atoms in total. The molecule has 0 radical (unpaired) electrons. The molecule has 130 valence electrons.